The molecule has 0 bridgehead atoms. The first-order chi connectivity index (χ1) is 44.2. The van der Waals surface area contributed by atoms with Crippen molar-refractivity contribution in [1.29, 1.82) is 0 Å². The van der Waals surface area contributed by atoms with Crippen LogP contribution < -0.4 is 86.6 Å². The normalized spacial score (nSPS) is 14.9. The van der Waals surface area contributed by atoms with Crippen molar-refractivity contribution in [2.24, 2.45) is 0 Å². The summed E-state index contributed by atoms with van der Waals surface area (Å²) in [7, 11) is 0. The molecular formula is C75H96I3N9O6S3. The Morgan fingerprint density at radius 2 is 0.625 bits per heavy atom. The van der Waals surface area contributed by atoms with Crippen molar-refractivity contribution in [3.05, 3.63) is 124 Å². The number of nitrogens with zero attached hydrogens (tertiary/aromatic N) is 9. The number of hydrogen-bond acceptors (Lipinski definition) is 12. The van der Waals surface area contributed by atoms with Crippen LogP contribution in [0.5, 0.6) is 0 Å². The number of halogens is 3. The summed E-state index contributed by atoms with van der Waals surface area (Å²) in [6.07, 6.45) is 4.98. The van der Waals surface area contributed by atoms with E-state index in [-0.39, 0.29) is 90.2 Å². The van der Waals surface area contributed by atoms with Crippen LogP contribution in [0.25, 0.3) is 61.3 Å². The predicted octanol–water partition coefficient (Wildman–Crippen LogP) is 9.16. The largest absolute Gasteiger partial charge is 1.00 e. The maximum absolute atomic E-state index is 12.5. The Hall–Kier alpha value is -5.22. The van der Waals surface area contributed by atoms with Crippen LogP contribution in [-0.2, 0) is 33.5 Å². The summed E-state index contributed by atoms with van der Waals surface area (Å²) in [5.41, 5.74) is 16.4. The van der Waals surface area contributed by atoms with E-state index >= 15 is 0 Å². The van der Waals surface area contributed by atoms with Crippen molar-refractivity contribution in [2.75, 3.05) is 93.2 Å². The molecule has 96 heavy (non-hydrogen) atoms. The number of rotatable bonds is 6. The zero-order valence-corrected chi connectivity index (χ0v) is 67.6. The fraction of sp³-hybridized carbons (Fsp3) is 0.480. The number of carbonyl (C=O) groups excluding carboxylic acids is 3. The first kappa shape index (κ1) is 78.1. The number of aryl methyl sites for hydroxylation is 6. The molecule has 3 aromatic heterocycles. The van der Waals surface area contributed by atoms with Crippen LogP contribution in [0.15, 0.2) is 91.0 Å². The van der Waals surface area contributed by atoms with Gasteiger partial charge in [0, 0.05) is 132 Å². The average Bonchev–Trinajstić information content (AvgIpc) is 0.824. The Labute approximate surface area is 631 Å². The molecule has 3 fully saturated rings. The van der Waals surface area contributed by atoms with Gasteiger partial charge in [0.25, 0.3) is 28.2 Å². The summed E-state index contributed by atoms with van der Waals surface area (Å²) in [5, 5.41) is 0. The van der Waals surface area contributed by atoms with Gasteiger partial charge in [-0.2, -0.15) is 0 Å². The van der Waals surface area contributed by atoms with E-state index in [2.05, 4.69) is 147 Å². The molecule has 3 saturated heterocycles. The Balaban J connectivity index is 0.000000200. The number of carbonyl (C=O) groups is 3. The van der Waals surface area contributed by atoms with Gasteiger partial charge < -0.3 is 116 Å². The average molecular weight is 1700 g/mol. The van der Waals surface area contributed by atoms with E-state index in [4.69, 9.17) is 29.2 Å². The molecule has 0 N–H and O–H groups in total. The summed E-state index contributed by atoms with van der Waals surface area (Å²) in [4.78, 5) is 65.4. The Morgan fingerprint density at radius 1 is 0.365 bits per heavy atom. The van der Waals surface area contributed by atoms with Crippen LogP contribution in [0, 0.1) is 20.8 Å². The third-order valence-electron chi connectivity index (χ3n) is 17.0. The molecule has 9 aromatic rings. The quantitative estimate of drug-likeness (QED) is 0.0680. The van der Waals surface area contributed by atoms with Gasteiger partial charge in [-0.15, -0.1) is 0 Å². The maximum atomic E-state index is 12.5. The number of ether oxygens (including phenoxy) is 3. The highest BCUT2D eigenvalue weighted by molar-refractivity contribution is 7.25. The lowest BCUT2D eigenvalue weighted by molar-refractivity contribution is -0.00100. The van der Waals surface area contributed by atoms with Gasteiger partial charge in [0.2, 0.25) is 34.0 Å². The van der Waals surface area contributed by atoms with E-state index in [1.54, 1.807) is 0 Å². The highest BCUT2D eigenvalue weighted by Gasteiger charge is 2.31. The van der Waals surface area contributed by atoms with E-state index in [0.717, 1.165) is 131 Å². The zero-order valence-electron chi connectivity index (χ0n) is 58.7. The van der Waals surface area contributed by atoms with E-state index in [1.165, 1.54) is 78.6 Å². The fourth-order valence-electron chi connectivity index (χ4n) is 12.2. The van der Waals surface area contributed by atoms with Gasteiger partial charge in [-0.1, -0.05) is 57.2 Å². The second-order valence-corrected chi connectivity index (χ2v) is 31.0. The fourth-order valence-corrected chi connectivity index (χ4v) is 15.7. The first-order valence-electron chi connectivity index (χ1n) is 33.4. The molecule has 6 heterocycles. The summed E-state index contributed by atoms with van der Waals surface area (Å²) < 4.78 is 24.1. The monoisotopic (exact) mass is 1700 g/mol. The second kappa shape index (κ2) is 33.8. The lowest BCUT2D eigenvalue weighted by Gasteiger charge is -2.27. The molecule has 0 atom stereocenters. The lowest BCUT2D eigenvalue weighted by Crippen LogP contribution is -3.00. The smallest absolute Gasteiger partial charge is 0.410 e. The van der Waals surface area contributed by atoms with Crippen molar-refractivity contribution in [1.82, 2.24) is 29.7 Å². The number of fused-ring (bicyclic) bond motifs is 6. The highest BCUT2D eigenvalue weighted by Crippen LogP contribution is 2.37. The number of anilines is 3. The molecule has 6 aromatic carbocycles. The Kier molecular flexibility index (Phi) is 27.5. The summed E-state index contributed by atoms with van der Waals surface area (Å²) >= 11 is 5.45. The van der Waals surface area contributed by atoms with E-state index in [1.807, 2.05) is 111 Å². The summed E-state index contributed by atoms with van der Waals surface area (Å²) in [5.74, 6) is 0. The molecule has 3 amide bonds. The maximum Gasteiger partial charge on any atom is 0.410 e. The van der Waals surface area contributed by atoms with Crippen LogP contribution in [-0.4, -0.2) is 143 Å². The van der Waals surface area contributed by atoms with Gasteiger partial charge >= 0.3 is 18.3 Å². The molecule has 12 rings (SSSR count). The Morgan fingerprint density at radius 3 is 0.865 bits per heavy atom. The second-order valence-electron chi connectivity index (χ2n) is 27.7. The van der Waals surface area contributed by atoms with Gasteiger partial charge in [-0.3, -0.25) is 0 Å². The van der Waals surface area contributed by atoms with E-state index < -0.39 is 16.8 Å². The summed E-state index contributed by atoms with van der Waals surface area (Å²) in [6.45, 7) is 39.6. The van der Waals surface area contributed by atoms with Crippen molar-refractivity contribution in [3.63, 3.8) is 0 Å². The minimum Gasteiger partial charge on any atom is -1.00 e. The van der Waals surface area contributed by atoms with Gasteiger partial charge in [-0.05, 0) is 173 Å². The molecular weight excluding hydrogens is 1600 g/mol. The molecule has 516 valence electrons. The van der Waals surface area contributed by atoms with Crippen LogP contribution in [0.2, 0.25) is 0 Å². The van der Waals surface area contributed by atoms with E-state index in [0.29, 0.717) is 19.6 Å². The molecule has 0 aliphatic carbocycles. The minimum atomic E-state index is -0.465. The molecule has 21 heteroatoms. The number of aromatic nitrogens is 3. The van der Waals surface area contributed by atoms with Crippen LogP contribution in [0.4, 0.5) is 31.4 Å². The van der Waals surface area contributed by atoms with Gasteiger partial charge in [0.1, 0.15) is 49.9 Å². The number of amides is 3. The topological polar surface area (TPSA) is 137 Å². The third-order valence-corrected chi connectivity index (χ3v) is 20.3. The van der Waals surface area contributed by atoms with E-state index in [9.17, 15) is 14.4 Å². The third kappa shape index (κ3) is 19.6. The molecule has 15 nitrogen and oxygen atoms in total. The molecule has 0 unspecified atom stereocenters. The molecule has 3 aliphatic heterocycles. The highest BCUT2D eigenvalue weighted by atomic mass is 127. The Bertz CT molecular complexity index is 3810. The standard InChI is InChI=1S/3C25H32N3O2S.3HI/c3*1-6-18-15-19(16-21-23(18)26-22-17(2)9-7-10-20(22)31-21)27-11-8-12-28(14-13-27)24(29)30-25(3,4)5;;;/h3*7,9-10,15-16H,6,8,11-14H2,1-5H3;3*1H/q3*+1;;;/p-3. The molecule has 0 spiro atoms. The SMILES string of the molecule is CCc1cc(N2CCCN(C(=O)OC(C)(C)C)CC2)cc2[s+]c3cccc(C)c3nc12.CCc1cc(N2CCCN(C(=O)OC(C)(C)C)CC2)cc2[s+]c3cccc(C)c3nc12.CCc1cc(N2CCCN(C(=O)OC(C)(C)C)CC2)cc2[s+]c3cccc(C)c3nc12.[I-].[I-].[I-]. The molecule has 3 aliphatic rings. The predicted molar refractivity (Wildman–Crippen MR) is 391 cm³/mol. The van der Waals surface area contributed by atoms with Gasteiger partial charge in [-0.25, -0.2) is 29.3 Å². The number of benzene rings is 6. The zero-order chi connectivity index (χ0) is 66.5. The van der Waals surface area contributed by atoms with Crippen molar-refractivity contribution in [2.45, 2.75) is 159 Å². The number of para-hydroxylation sites is 3. The lowest BCUT2D eigenvalue weighted by atomic mass is 10.1. The molecule has 0 saturated carbocycles. The van der Waals surface area contributed by atoms with Crippen LogP contribution >= 0.6 is 34.0 Å². The minimum absolute atomic E-state index is 0. The molecule has 0 radical (unpaired) electrons. The van der Waals surface area contributed by atoms with Crippen LogP contribution in [0.3, 0.4) is 0 Å². The van der Waals surface area contributed by atoms with Crippen molar-refractivity contribution < 1.29 is 101 Å². The van der Waals surface area contributed by atoms with Crippen molar-refractivity contribution in [3.8, 4) is 0 Å². The number of hydrogen-bond donors (Lipinski definition) is 0. The van der Waals surface area contributed by atoms with Crippen LogP contribution in [0.1, 0.15) is 136 Å². The van der Waals surface area contributed by atoms with Gasteiger partial charge in [0.05, 0.1) is 0 Å². The van der Waals surface area contributed by atoms with Crippen molar-refractivity contribution >= 4 is 131 Å². The van der Waals surface area contributed by atoms with Gasteiger partial charge in [0.15, 0.2) is 0 Å². The summed E-state index contributed by atoms with van der Waals surface area (Å²) in [6, 6.07) is 32.8. The first-order valence-corrected chi connectivity index (χ1v) is 35.9.